The van der Waals surface area contributed by atoms with Gasteiger partial charge >= 0.3 is 0 Å². The molecule has 1 saturated carbocycles. The predicted molar refractivity (Wildman–Crippen MR) is 73.2 cm³/mol. The Morgan fingerprint density at radius 3 is 2.94 bits per heavy atom. The maximum absolute atomic E-state index is 6.01. The van der Waals surface area contributed by atoms with E-state index in [0.717, 1.165) is 11.4 Å². The molecule has 0 bridgehead atoms. The molecule has 2 nitrogen and oxygen atoms in total. The van der Waals surface area contributed by atoms with Crippen molar-refractivity contribution in [2.75, 3.05) is 0 Å². The highest BCUT2D eigenvalue weighted by atomic mass is 35.5. The first-order chi connectivity index (χ1) is 8.15. The Morgan fingerprint density at radius 2 is 2.24 bits per heavy atom. The van der Waals surface area contributed by atoms with Gasteiger partial charge in [0.15, 0.2) is 0 Å². The summed E-state index contributed by atoms with van der Waals surface area (Å²) in [7, 11) is 0. The molecule has 0 saturated heterocycles. The van der Waals surface area contributed by atoms with Crippen LogP contribution in [0.25, 0.3) is 0 Å². The van der Waals surface area contributed by atoms with Crippen LogP contribution in [0.5, 0.6) is 0 Å². The highest BCUT2D eigenvalue weighted by Gasteiger charge is 2.20. The van der Waals surface area contributed by atoms with Crippen LogP contribution in [-0.2, 0) is 0 Å². The fraction of sp³-hybridized carbons (Fsp3) is 0.571. The standard InChI is InChI=1S/C14H21ClN2/c1-10(11-4-2-5-12(15)8-11)17-14-7-3-6-13(16)9-14/h2,4-5,8,10,13-14,17H,3,6-7,9,16H2,1H3/t10-,13?,14?/m1/s1. The Hall–Kier alpha value is -0.570. The molecule has 0 heterocycles. The van der Waals surface area contributed by atoms with Gasteiger partial charge in [-0.1, -0.05) is 30.2 Å². The van der Waals surface area contributed by atoms with E-state index in [0.29, 0.717) is 18.1 Å². The van der Waals surface area contributed by atoms with Gasteiger partial charge in [0.25, 0.3) is 0 Å². The number of halogens is 1. The first-order valence-electron chi connectivity index (χ1n) is 6.42. The minimum atomic E-state index is 0.337. The van der Waals surface area contributed by atoms with E-state index in [-0.39, 0.29) is 0 Å². The molecule has 17 heavy (non-hydrogen) atoms. The molecule has 1 aromatic carbocycles. The second-order valence-electron chi connectivity index (χ2n) is 5.07. The van der Waals surface area contributed by atoms with Crippen molar-refractivity contribution in [1.82, 2.24) is 5.32 Å². The van der Waals surface area contributed by atoms with Crippen LogP contribution in [0.2, 0.25) is 5.02 Å². The molecular weight excluding hydrogens is 232 g/mol. The van der Waals surface area contributed by atoms with E-state index >= 15 is 0 Å². The molecule has 0 amide bonds. The van der Waals surface area contributed by atoms with Crippen LogP contribution in [0, 0.1) is 0 Å². The van der Waals surface area contributed by atoms with Crippen molar-refractivity contribution < 1.29 is 0 Å². The van der Waals surface area contributed by atoms with Crippen molar-refractivity contribution in [2.45, 2.75) is 50.7 Å². The summed E-state index contributed by atoms with van der Waals surface area (Å²) in [6.45, 7) is 2.19. The van der Waals surface area contributed by atoms with Crippen LogP contribution in [-0.4, -0.2) is 12.1 Å². The molecule has 2 unspecified atom stereocenters. The van der Waals surface area contributed by atoms with Gasteiger partial charge in [0.05, 0.1) is 0 Å². The minimum absolute atomic E-state index is 0.337. The molecule has 94 valence electrons. The molecule has 3 heteroatoms. The summed E-state index contributed by atoms with van der Waals surface area (Å²) < 4.78 is 0. The lowest BCUT2D eigenvalue weighted by atomic mass is 9.91. The number of nitrogens with two attached hydrogens (primary N) is 1. The van der Waals surface area contributed by atoms with Crippen molar-refractivity contribution in [3.8, 4) is 0 Å². The van der Waals surface area contributed by atoms with Crippen LogP contribution in [0.1, 0.15) is 44.2 Å². The summed E-state index contributed by atoms with van der Waals surface area (Å²) in [6.07, 6.45) is 4.73. The fourth-order valence-electron chi connectivity index (χ4n) is 2.60. The van der Waals surface area contributed by atoms with E-state index in [2.05, 4.69) is 18.3 Å². The fourth-order valence-corrected chi connectivity index (χ4v) is 2.80. The summed E-state index contributed by atoms with van der Waals surface area (Å²) in [5, 5.41) is 4.46. The number of benzene rings is 1. The van der Waals surface area contributed by atoms with Gasteiger partial charge in [0, 0.05) is 23.1 Å². The zero-order valence-electron chi connectivity index (χ0n) is 10.3. The molecule has 0 aromatic heterocycles. The van der Waals surface area contributed by atoms with E-state index < -0.39 is 0 Å². The summed E-state index contributed by atoms with van der Waals surface area (Å²) in [5.74, 6) is 0. The first kappa shape index (κ1) is 12.9. The third-order valence-corrected chi connectivity index (χ3v) is 3.78. The number of hydrogen-bond acceptors (Lipinski definition) is 2. The zero-order chi connectivity index (χ0) is 12.3. The summed E-state index contributed by atoms with van der Waals surface area (Å²) in [6, 6.07) is 9.31. The van der Waals surface area contributed by atoms with Gasteiger partial charge in [0.1, 0.15) is 0 Å². The first-order valence-corrected chi connectivity index (χ1v) is 6.80. The molecule has 1 aliphatic rings. The Balaban J connectivity index is 1.94. The average molecular weight is 253 g/mol. The van der Waals surface area contributed by atoms with Crippen LogP contribution in [0.3, 0.4) is 0 Å². The monoisotopic (exact) mass is 252 g/mol. The van der Waals surface area contributed by atoms with Crippen molar-refractivity contribution >= 4 is 11.6 Å². The normalized spacial score (nSPS) is 26.8. The third kappa shape index (κ3) is 3.70. The van der Waals surface area contributed by atoms with Gasteiger partial charge < -0.3 is 11.1 Å². The summed E-state index contributed by atoms with van der Waals surface area (Å²) in [5.41, 5.74) is 7.25. The second kappa shape index (κ2) is 5.85. The molecule has 1 aliphatic carbocycles. The minimum Gasteiger partial charge on any atom is -0.328 e. The summed E-state index contributed by atoms with van der Waals surface area (Å²) in [4.78, 5) is 0. The lowest BCUT2D eigenvalue weighted by Crippen LogP contribution is -2.40. The Morgan fingerprint density at radius 1 is 1.41 bits per heavy atom. The quantitative estimate of drug-likeness (QED) is 0.867. The molecule has 0 aliphatic heterocycles. The third-order valence-electron chi connectivity index (χ3n) is 3.55. The lowest BCUT2D eigenvalue weighted by molar-refractivity contribution is 0.319. The van der Waals surface area contributed by atoms with E-state index in [1.54, 1.807) is 0 Å². The maximum Gasteiger partial charge on any atom is 0.0409 e. The Kier molecular flexibility index (Phi) is 4.43. The molecule has 2 rings (SSSR count). The van der Waals surface area contributed by atoms with Crippen LogP contribution < -0.4 is 11.1 Å². The van der Waals surface area contributed by atoms with Crippen molar-refractivity contribution in [1.29, 1.82) is 0 Å². The molecule has 3 atom stereocenters. The molecule has 0 spiro atoms. The smallest absolute Gasteiger partial charge is 0.0409 e. The average Bonchev–Trinajstić information content (AvgIpc) is 2.29. The zero-order valence-corrected chi connectivity index (χ0v) is 11.1. The Labute approximate surface area is 109 Å². The maximum atomic E-state index is 6.01. The van der Waals surface area contributed by atoms with Crippen molar-refractivity contribution in [3.05, 3.63) is 34.9 Å². The lowest BCUT2D eigenvalue weighted by Gasteiger charge is -2.30. The highest BCUT2D eigenvalue weighted by Crippen LogP contribution is 2.22. The van der Waals surface area contributed by atoms with E-state index in [9.17, 15) is 0 Å². The van der Waals surface area contributed by atoms with E-state index in [4.69, 9.17) is 17.3 Å². The second-order valence-corrected chi connectivity index (χ2v) is 5.50. The van der Waals surface area contributed by atoms with E-state index in [1.165, 1.54) is 24.8 Å². The van der Waals surface area contributed by atoms with Gasteiger partial charge in [0.2, 0.25) is 0 Å². The van der Waals surface area contributed by atoms with Crippen molar-refractivity contribution in [3.63, 3.8) is 0 Å². The predicted octanol–water partition coefficient (Wildman–Crippen LogP) is 3.26. The van der Waals surface area contributed by atoms with Gasteiger partial charge in [-0.2, -0.15) is 0 Å². The number of nitrogens with one attached hydrogen (secondary N) is 1. The largest absolute Gasteiger partial charge is 0.328 e. The van der Waals surface area contributed by atoms with Gasteiger partial charge in [-0.3, -0.25) is 0 Å². The topological polar surface area (TPSA) is 38.0 Å². The molecular formula is C14H21ClN2. The molecule has 1 fully saturated rings. The van der Waals surface area contributed by atoms with E-state index in [1.807, 2.05) is 18.2 Å². The summed E-state index contributed by atoms with van der Waals surface area (Å²) >= 11 is 6.01. The number of hydrogen-bond donors (Lipinski definition) is 2. The van der Waals surface area contributed by atoms with Crippen LogP contribution in [0.4, 0.5) is 0 Å². The SMILES string of the molecule is C[C@@H](NC1CCCC(N)C1)c1cccc(Cl)c1. The van der Waals surface area contributed by atoms with Gasteiger partial charge in [-0.15, -0.1) is 0 Å². The van der Waals surface area contributed by atoms with Crippen molar-refractivity contribution in [2.24, 2.45) is 5.73 Å². The molecule has 1 aromatic rings. The van der Waals surface area contributed by atoms with Crippen LogP contribution in [0.15, 0.2) is 24.3 Å². The van der Waals surface area contributed by atoms with Crippen LogP contribution >= 0.6 is 11.6 Å². The number of rotatable bonds is 3. The molecule has 0 radical (unpaired) electrons. The highest BCUT2D eigenvalue weighted by molar-refractivity contribution is 6.30. The van der Waals surface area contributed by atoms with Gasteiger partial charge in [-0.05, 0) is 43.9 Å². The van der Waals surface area contributed by atoms with Gasteiger partial charge in [-0.25, -0.2) is 0 Å². The Bertz CT molecular complexity index is 367. The molecule has 3 N–H and O–H groups in total.